The van der Waals surface area contributed by atoms with Crippen LogP contribution < -0.4 is 10.1 Å². The number of aromatic nitrogens is 4. The molecule has 0 atom stereocenters. The molecule has 2 N–H and O–H groups in total. The van der Waals surface area contributed by atoms with Crippen molar-refractivity contribution in [2.24, 2.45) is 0 Å². The minimum atomic E-state index is 0.555. The summed E-state index contributed by atoms with van der Waals surface area (Å²) in [5, 5.41) is 3.07. The third-order valence-corrected chi connectivity index (χ3v) is 5.50. The van der Waals surface area contributed by atoms with Crippen molar-refractivity contribution in [1.82, 2.24) is 19.9 Å². The van der Waals surface area contributed by atoms with Gasteiger partial charge in [0.15, 0.2) is 5.65 Å². The van der Waals surface area contributed by atoms with Gasteiger partial charge in [-0.05, 0) is 47.9 Å². The van der Waals surface area contributed by atoms with E-state index in [-0.39, 0.29) is 0 Å². The summed E-state index contributed by atoms with van der Waals surface area (Å²) in [6.07, 6.45) is 3.46. The largest absolute Gasteiger partial charge is 0.489 e. The highest BCUT2D eigenvalue weighted by atomic mass is 16.5. The molecular formula is C27H25N5O. The van der Waals surface area contributed by atoms with Crippen LogP contribution in [0.1, 0.15) is 17.1 Å². The Balaban J connectivity index is 1.26. The van der Waals surface area contributed by atoms with E-state index in [9.17, 15) is 0 Å². The van der Waals surface area contributed by atoms with Gasteiger partial charge in [-0.2, -0.15) is 0 Å². The zero-order valence-electron chi connectivity index (χ0n) is 18.5. The number of benzene rings is 2. The van der Waals surface area contributed by atoms with E-state index in [1.807, 2.05) is 61.8 Å². The van der Waals surface area contributed by atoms with Crippen LogP contribution in [0.3, 0.4) is 0 Å². The number of aromatic amines is 1. The van der Waals surface area contributed by atoms with Crippen molar-refractivity contribution in [3.05, 3.63) is 102 Å². The lowest BCUT2D eigenvalue weighted by molar-refractivity contribution is 0.306. The first-order chi connectivity index (χ1) is 16.3. The van der Waals surface area contributed by atoms with E-state index in [2.05, 4.69) is 55.6 Å². The Labute approximate surface area is 192 Å². The van der Waals surface area contributed by atoms with Gasteiger partial charge in [-0.3, -0.25) is 0 Å². The molecule has 0 fully saturated rings. The molecule has 2 aromatic carbocycles. The molecule has 0 spiro atoms. The van der Waals surface area contributed by atoms with Crippen LogP contribution in [0.4, 0.5) is 5.82 Å². The second-order valence-electron chi connectivity index (χ2n) is 7.84. The highest BCUT2D eigenvalue weighted by Crippen LogP contribution is 2.25. The zero-order valence-corrected chi connectivity index (χ0v) is 18.5. The molecule has 0 aliphatic heterocycles. The lowest BCUT2D eigenvalue weighted by Crippen LogP contribution is -1.99. The third-order valence-electron chi connectivity index (χ3n) is 5.50. The van der Waals surface area contributed by atoms with Crippen LogP contribution in [-0.2, 0) is 19.4 Å². The molecule has 0 saturated heterocycles. The number of pyridine rings is 2. The fourth-order valence-corrected chi connectivity index (χ4v) is 3.72. The van der Waals surface area contributed by atoms with Gasteiger partial charge < -0.3 is 15.0 Å². The van der Waals surface area contributed by atoms with Crippen LogP contribution in [0, 0.1) is 0 Å². The quantitative estimate of drug-likeness (QED) is 0.340. The number of fused-ring (bicyclic) bond motifs is 1. The predicted octanol–water partition coefficient (Wildman–Crippen LogP) is 5.43. The molecule has 5 aromatic rings. The van der Waals surface area contributed by atoms with Crippen molar-refractivity contribution < 1.29 is 4.74 Å². The van der Waals surface area contributed by atoms with Crippen LogP contribution in [0.5, 0.6) is 5.75 Å². The Morgan fingerprint density at radius 3 is 2.52 bits per heavy atom. The van der Waals surface area contributed by atoms with E-state index in [1.54, 1.807) is 0 Å². The van der Waals surface area contributed by atoms with E-state index in [0.717, 1.165) is 63.8 Å². The smallest absolute Gasteiger partial charge is 0.177 e. The Morgan fingerprint density at radius 2 is 1.70 bits per heavy atom. The monoisotopic (exact) mass is 435 g/mol. The minimum Gasteiger partial charge on any atom is -0.489 e. The van der Waals surface area contributed by atoms with Crippen molar-refractivity contribution in [2.45, 2.75) is 19.4 Å². The van der Waals surface area contributed by atoms with Gasteiger partial charge in [-0.15, -0.1) is 0 Å². The number of hydrogen-bond donors (Lipinski definition) is 2. The van der Waals surface area contributed by atoms with Crippen LogP contribution >= 0.6 is 0 Å². The Bertz CT molecular complexity index is 1350. The first kappa shape index (κ1) is 20.7. The molecule has 6 heteroatoms. The highest BCUT2D eigenvalue weighted by molar-refractivity contribution is 5.78. The minimum absolute atomic E-state index is 0.555. The van der Waals surface area contributed by atoms with Gasteiger partial charge >= 0.3 is 0 Å². The molecule has 3 heterocycles. The lowest BCUT2D eigenvalue weighted by atomic mass is 10.1. The Hall–Kier alpha value is -4.19. The maximum Gasteiger partial charge on any atom is 0.177 e. The molecule has 0 radical (unpaired) electrons. The van der Waals surface area contributed by atoms with Crippen LogP contribution in [0.25, 0.3) is 22.3 Å². The summed E-state index contributed by atoms with van der Waals surface area (Å²) in [4.78, 5) is 17.2. The number of imidazole rings is 1. The van der Waals surface area contributed by atoms with Crippen molar-refractivity contribution in [1.29, 1.82) is 0 Å². The number of ether oxygens (including phenoxy) is 1. The van der Waals surface area contributed by atoms with Crippen molar-refractivity contribution in [3.8, 4) is 16.9 Å². The summed E-state index contributed by atoms with van der Waals surface area (Å²) in [5.74, 6) is 2.63. The van der Waals surface area contributed by atoms with Gasteiger partial charge in [0.2, 0.25) is 0 Å². The van der Waals surface area contributed by atoms with Gasteiger partial charge in [0.05, 0.1) is 5.52 Å². The molecule has 0 bridgehead atoms. The molecule has 3 aromatic heterocycles. The number of nitrogens with zero attached hydrogens (tertiary/aromatic N) is 3. The molecular weight excluding hydrogens is 410 g/mol. The summed E-state index contributed by atoms with van der Waals surface area (Å²) >= 11 is 0. The predicted molar refractivity (Wildman–Crippen MR) is 131 cm³/mol. The normalized spacial score (nSPS) is 10.9. The van der Waals surface area contributed by atoms with E-state index in [1.165, 1.54) is 0 Å². The maximum atomic E-state index is 5.89. The first-order valence-electron chi connectivity index (χ1n) is 11.0. The molecule has 6 nitrogen and oxygen atoms in total. The van der Waals surface area contributed by atoms with E-state index >= 15 is 0 Å². The van der Waals surface area contributed by atoms with Gasteiger partial charge in [-0.1, -0.05) is 48.5 Å². The SMILES string of the molecule is CNc1cccc(CCc2nc3ncc(-c4ccc(OCc5ccccc5)cc4)cc3[nH]2)n1. The van der Waals surface area contributed by atoms with E-state index in [0.29, 0.717) is 6.61 Å². The summed E-state index contributed by atoms with van der Waals surface area (Å²) < 4.78 is 5.89. The fourth-order valence-electron chi connectivity index (χ4n) is 3.72. The molecule has 5 rings (SSSR count). The lowest BCUT2D eigenvalue weighted by Gasteiger charge is -2.07. The molecule has 164 valence electrons. The van der Waals surface area contributed by atoms with Crippen LogP contribution in [-0.4, -0.2) is 27.0 Å². The van der Waals surface area contributed by atoms with Gasteiger partial charge in [0, 0.05) is 30.9 Å². The molecule has 0 aliphatic carbocycles. The second kappa shape index (κ2) is 9.53. The molecule has 0 saturated carbocycles. The number of aryl methyl sites for hydroxylation is 2. The van der Waals surface area contributed by atoms with Gasteiger partial charge in [0.25, 0.3) is 0 Å². The number of nitrogens with one attached hydrogen (secondary N) is 2. The average Bonchev–Trinajstić information content (AvgIpc) is 3.29. The zero-order chi connectivity index (χ0) is 22.5. The standard InChI is InChI=1S/C27H25N5O/c1-28-25-9-5-8-22(30-25)12-15-26-31-24-16-21(17-29-27(24)32-26)20-10-13-23(14-11-20)33-18-19-6-3-2-4-7-19/h2-11,13-14,16-17H,12,15,18H2,1H3,(H,28,30)(H,29,31,32). The van der Waals surface area contributed by atoms with E-state index in [4.69, 9.17) is 4.74 Å². The Kier molecular flexibility index (Phi) is 5.97. The highest BCUT2D eigenvalue weighted by Gasteiger charge is 2.08. The van der Waals surface area contributed by atoms with Gasteiger partial charge in [-0.25, -0.2) is 15.0 Å². The van der Waals surface area contributed by atoms with Crippen LogP contribution in [0.15, 0.2) is 85.1 Å². The summed E-state index contributed by atoms with van der Waals surface area (Å²) in [7, 11) is 1.87. The summed E-state index contributed by atoms with van der Waals surface area (Å²) in [5.41, 5.74) is 5.97. The van der Waals surface area contributed by atoms with Crippen molar-refractivity contribution >= 4 is 17.0 Å². The topological polar surface area (TPSA) is 75.7 Å². The van der Waals surface area contributed by atoms with Crippen molar-refractivity contribution in [2.75, 3.05) is 12.4 Å². The Morgan fingerprint density at radius 1 is 0.848 bits per heavy atom. The summed E-state index contributed by atoms with van der Waals surface area (Å²) in [6.45, 7) is 0.555. The molecule has 0 aliphatic rings. The number of hydrogen-bond acceptors (Lipinski definition) is 5. The third kappa shape index (κ3) is 5.01. The second-order valence-corrected chi connectivity index (χ2v) is 7.84. The number of rotatable bonds is 8. The van der Waals surface area contributed by atoms with E-state index < -0.39 is 0 Å². The first-order valence-corrected chi connectivity index (χ1v) is 11.0. The number of H-pyrrole nitrogens is 1. The molecule has 0 unspecified atom stereocenters. The fraction of sp³-hybridized carbons (Fsp3) is 0.148. The molecule has 33 heavy (non-hydrogen) atoms. The van der Waals surface area contributed by atoms with Gasteiger partial charge in [0.1, 0.15) is 24.0 Å². The van der Waals surface area contributed by atoms with Crippen molar-refractivity contribution in [3.63, 3.8) is 0 Å². The number of anilines is 1. The van der Waals surface area contributed by atoms with Crippen LogP contribution in [0.2, 0.25) is 0 Å². The summed E-state index contributed by atoms with van der Waals surface area (Å²) in [6, 6.07) is 26.4. The molecule has 0 amide bonds. The maximum absolute atomic E-state index is 5.89. The average molecular weight is 436 g/mol.